The monoisotopic (exact) mass is 361 g/mol. The summed E-state index contributed by atoms with van der Waals surface area (Å²) in [6, 6.07) is 1.71. The van der Waals surface area contributed by atoms with Gasteiger partial charge in [-0.2, -0.15) is 0 Å². The third kappa shape index (κ3) is 4.15. The van der Waals surface area contributed by atoms with Crippen LogP contribution in [0.25, 0.3) is 0 Å². The first-order chi connectivity index (χ1) is 12.5. The molecule has 1 aliphatic carbocycles. The number of pyridine rings is 1. The molecule has 1 aromatic rings. The molecule has 2 amide bonds. The van der Waals surface area contributed by atoms with Crippen LogP contribution in [0.2, 0.25) is 0 Å². The van der Waals surface area contributed by atoms with Gasteiger partial charge in [0.25, 0.3) is 0 Å². The van der Waals surface area contributed by atoms with Crippen molar-refractivity contribution in [2.75, 3.05) is 20.2 Å². The first kappa shape index (κ1) is 18.6. The third-order valence-electron chi connectivity index (χ3n) is 5.56. The van der Waals surface area contributed by atoms with Gasteiger partial charge in [0.1, 0.15) is 5.75 Å². The van der Waals surface area contributed by atoms with Gasteiger partial charge in [0.15, 0.2) is 0 Å². The lowest BCUT2D eigenvalue weighted by molar-refractivity contribution is -0.134. The van der Waals surface area contributed by atoms with E-state index in [-0.39, 0.29) is 35.8 Å². The molecule has 3 rings (SSSR count). The third-order valence-corrected chi connectivity index (χ3v) is 5.56. The molecule has 2 fully saturated rings. The van der Waals surface area contributed by atoms with Crippen LogP contribution in [0.3, 0.4) is 0 Å². The number of aromatic nitrogens is 1. The van der Waals surface area contributed by atoms with E-state index in [1.54, 1.807) is 31.3 Å². The Balaban J connectivity index is 1.68. The van der Waals surface area contributed by atoms with Gasteiger partial charge in [0.05, 0.1) is 25.5 Å². The molecule has 1 aliphatic heterocycles. The molecule has 1 aromatic heterocycles. The lowest BCUT2D eigenvalue weighted by Crippen LogP contribution is -2.46. The largest absolute Gasteiger partial charge is 0.495 e. The van der Waals surface area contributed by atoms with Gasteiger partial charge in [-0.3, -0.25) is 14.6 Å². The van der Waals surface area contributed by atoms with E-state index in [2.05, 4.69) is 10.3 Å². The molecule has 0 radical (unpaired) electrons. The number of carbonyl (C=O) groups excluding carboxylic acids is 2. The predicted octanol–water partition coefficient (Wildman–Crippen LogP) is 1.28. The highest BCUT2D eigenvalue weighted by atomic mass is 16.5. The summed E-state index contributed by atoms with van der Waals surface area (Å²) >= 11 is 0. The summed E-state index contributed by atoms with van der Waals surface area (Å²) in [5, 5.41) is 12.9. The van der Waals surface area contributed by atoms with Gasteiger partial charge in [0.2, 0.25) is 11.8 Å². The number of hydrogen-bond acceptors (Lipinski definition) is 5. The van der Waals surface area contributed by atoms with Gasteiger partial charge in [-0.15, -0.1) is 0 Å². The van der Waals surface area contributed by atoms with Crippen molar-refractivity contribution in [3.8, 4) is 5.75 Å². The molecule has 0 aromatic carbocycles. The average molecular weight is 361 g/mol. The molecule has 0 bridgehead atoms. The van der Waals surface area contributed by atoms with E-state index < -0.39 is 0 Å². The number of nitrogens with one attached hydrogen (secondary N) is 1. The number of aliphatic hydroxyl groups excluding tert-OH is 1. The number of piperidine rings is 1. The van der Waals surface area contributed by atoms with E-state index in [0.717, 1.165) is 5.56 Å². The second kappa shape index (κ2) is 8.03. The molecule has 0 unspecified atom stereocenters. The van der Waals surface area contributed by atoms with E-state index in [1.165, 1.54) is 0 Å². The average Bonchev–Trinajstić information content (AvgIpc) is 2.63. The number of carbonyl (C=O) groups is 2. The Kier molecular flexibility index (Phi) is 5.76. The lowest BCUT2D eigenvalue weighted by atomic mass is 9.75. The normalized spacial score (nSPS) is 24.5. The van der Waals surface area contributed by atoms with Crippen molar-refractivity contribution in [2.45, 2.75) is 44.8 Å². The SMILES string of the molecule is COc1cncc([C@@H](NC(=O)C2CCN(C(C)=O)CC2)C2CC(O)C2)c1. The number of ether oxygens (including phenoxy) is 1. The summed E-state index contributed by atoms with van der Waals surface area (Å²) < 4.78 is 5.25. The summed E-state index contributed by atoms with van der Waals surface area (Å²) in [7, 11) is 1.59. The number of hydrogen-bond donors (Lipinski definition) is 2. The van der Waals surface area contributed by atoms with Crippen molar-refractivity contribution in [1.29, 1.82) is 0 Å². The lowest BCUT2D eigenvalue weighted by Gasteiger charge is -2.39. The molecule has 2 N–H and O–H groups in total. The molecule has 7 heteroatoms. The Morgan fingerprint density at radius 2 is 2.00 bits per heavy atom. The fourth-order valence-corrected chi connectivity index (χ4v) is 3.82. The Hall–Kier alpha value is -2.15. The minimum Gasteiger partial charge on any atom is -0.495 e. The van der Waals surface area contributed by atoms with Crippen LogP contribution < -0.4 is 10.1 Å². The van der Waals surface area contributed by atoms with E-state index in [1.807, 2.05) is 6.07 Å². The number of nitrogens with zero attached hydrogens (tertiary/aromatic N) is 2. The molecular weight excluding hydrogens is 334 g/mol. The quantitative estimate of drug-likeness (QED) is 0.824. The van der Waals surface area contributed by atoms with Gasteiger partial charge in [-0.05, 0) is 43.2 Å². The number of rotatable bonds is 5. The van der Waals surface area contributed by atoms with Gasteiger partial charge in [0, 0.05) is 32.1 Å². The van der Waals surface area contributed by atoms with Crippen molar-refractivity contribution in [3.63, 3.8) is 0 Å². The number of amides is 2. The summed E-state index contributed by atoms with van der Waals surface area (Å²) in [5.74, 6) is 0.836. The molecular formula is C19H27N3O4. The number of aliphatic hydroxyl groups is 1. The molecule has 142 valence electrons. The Morgan fingerprint density at radius 3 is 2.58 bits per heavy atom. The van der Waals surface area contributed by atoms with Crippen molar-refractivity contribution in [2.24, 2.45) is 11.8 Å². The predicted molar refractivity (Wildman–Crippen MR) is 95.4 cm³/mol. The van der Waals surface area contributed by atoms with Gasteiger partial charge < -0.3 is 20.1 Å². The van der Waals surface area contributed by atoms with Crippen molar-refractivity contribution in [3.05, 3.63) is 24.0 Å². The first-order valence-electron chi connectivity index (χ1n) is 9.20. The highest BCUT2D eigenvalue weighted by Gasteiger charge is 2.37. The smallest absolute Gasteiger partial charge is 0.223 e. The summed E-state index contributed by atoms with van der Waals surface area (Å²) in [5.41, 5.74) is 0.899. The fourth-order valence-electron chi connectivity index (χ4n) is 3.82. The Bertz CT molecular complexity index is 652. The molecule has 2 aliphatic rings. The maximum atomic E-state index is 12.8. The standard InChI is InChI=1S/C19H27N3O4/c1-12(23)22-5-3-13(4-6-22)19(25)21-18(14-7-16(24)8-14)15-9-17(26-2)11-20-10-15/h9-11,13-14,16,18,24H,3-8H2,1-2H3,(H,21,25)/t14?,16?,18-/m0/s1. The van der Waals surface area contributed by atoms with Crippen LogP contribution in [-0.2, 0) is 9.59 Å². The topological polar surface area (TPSA) is 91.8 Å². The van der Waals surface area contributed by atoms with Gasteiger partial charge >= 0.3 is 0 Å². The molecule has 7 nitrogen and oxygen atoms in total. The van der Waals surface area contributed by atoms with Crippen LogP contribution in [0.15, 0.2) is 18.5 Å². The zero-order chi connectivity index (χ0) is 18.7. The van der Waals surface area contributed by atoms with Gasteiger partial charge in [-0.25, -0.2) is 0 Å². The molecule has 0 spiro atoms. The zero-order valence-electron chi connectivity index (χ0n) is 15.4. The van der Waals surface area contributed by atoms with Crippen molar-refractivity contribution in [1.82, 2.24) is 15.2 Å². The number of methoxy groups -OCH3 is 1. The fraction of sp³-hybridized carbons (Fsp3) is 0.632. The maximum absolute atomic E-state index is 12.8. The van der Waals surface area contributed by atoms with Crippen LogP contribution >= 0.6 is 0 Å². The van der Waals surface area contributed by atoms with E-state index in [4.69, 9.17) is 4.74 Å². The minimum absolute atomic E-state index is 0.0161. The second-order valence-corrected chi connectivity index (χ2v) is 7.31. The van der Waals surface area contributed by atoms with E-state index >= 15 is 0 Å². The highest BCUT2D eigenvalue weighted by Crippen LogP contribution is 2.39. The number of likely N-dealkylation sites (tertiary alicyclic amines) is 1. The molecule has 1 saturated heterocycles. The molecule has 1 atom stereocenters. The van der Waals surface area contributed by atoms with Crippen molar-refractivity contribution < 1.29 is 19.4 Å². The Labute approximate surface area is 153 Å². The zero-order valence-corrected chi connectivity index (χ0v) is 15.4. The Morgan fingerprint density at radius 1 is 1.31 bits per heavy atom. The van der Waals surface area contributed by atoms with E-state index in [0.29, 0.717) is 44.5 Å². The van der Waals surface area contributed by atoms with Crippen LogP contribution in [0.4, 0.5) is 0 Å². The second-order valence-electron chi connectivity index (χ2n) is 7.31. The van der Waals surface area contributed by atoms with E-state index in [9.17, 15) is 14.7 Å². The van der Waals surface area contributed by atoms with Crippen LogP contribution in [0.1, 0.15) is 44.2 Å². The molecule has 2 heterocycles. The van der Waals surface area contributed by atoms with Gasteiger partial charge in [-0.1, -0.05) is 0 Å². The summed E-state index contributed by atoms with van der Waals surface area (Å²) in [6.45, 7) is 2.82. The minimum atomic E-state index is -0.295. The maximum Gasteiger partial charge on any atom is 0.223 e. The highest BCUT2D eigenvalue weighted by molar-refractivity contribution is 5.80. The molecule has 1 saturated carbocycles. The summed E-state index contributed by atoms with van der Waals surface area (Å²) in [4.78, 5) is 30.2. The van der Waals surface area contributed by atoms with Crippen molar-refractivity contribution >= 4 is 11.8 Å². The molecule has 26 heavy (non-hydrogen) atoms. The van der Waals surface area contributed by atoms with Crippen LogP contribution in [0, 0.1) is 11.8 Å². The van der Waals surface area contributed by atoms with Crippen LogP contribution in [0.5, 0.6) is 5.75 Å². The summed E-state index contributed by atoms with van der Waals surface area (Å²) in [6.07, 6.45) is 5.79. The first-order valence-corrected chi connectivity index (χ1v) is 9.20. The van der Waals surface area contributed by atoms with Crippen LogP contribution in [-0.4, -0.2) is 53.1 Å².